The SMILES string of the molecule is Cc1nc(N2CCOCC2)ncc1C(=O)NC1CCN(Cc2ccccc2)CC1. The van der Waals surface area contributed by atoms with E-state index in [0.29, 0.717) is 24.7 Å². The number of aryl methyl sites for hydroxylation is 1. The highest BCUT2D eigenvalue weighted by Crippen LogP contribution is 2.16. The van der Waals surface area contributed by atoms with E-state index < -0.39 is 0 Å². The molecule has 1 aromatic carbocycles. The van der Waals surface area contributed by atoms with E-state index in [0.717, 1.165) is 51.3 Å². The molecule has 0 unspecified atom stereocenters. The van der Waals surface area contributed by atoms with Gasteiger partial charge in [0.05, 0.1) is 24.5 Å². The molecule has 2 aliphatic heterocycles. The Labute approximate surface area is 172 Å². The number of hydrogen-bond donors (Lipinski definition) is 1. The van der Waals surface area contributed by atoms with Gasteiger partial charge in [0.1, 0.15) is 0 Å². The van der Waals surface area contributed by atoms with Gasteiger partial charge in [-0.3, -0.25) is 9.69 Å². The van der Waals surface area contributed by atoms with Crippen molar-refractivity contribution in [3.05, 3.63) is 53.3 Å². The number of benzene rings is 1. The van der Waals surface area contributed by atoms with Gasteiger partial charge in [-0.2, -0.15) is 0 Å². The van der Waals surface area contributed by atoms with Crippen molar-refractivity contribution in [2.75, 3.05) is 44.3 Å². The molecular formula is C22H29N5O2. The number of anilines is 1. The Kier molecular flexibility index (Phi) is 6.36. The lowest BCUT2D eigenvalue weighted by molar-refractivity contribution is 0.0907. The van der Waals surface area contributed by atoms with E-state index in [2.05, 4.69) is 49.4 Å². The van der Waals surface area contributed by atoms with Gasteiger partial charge in [-0.25, -0.2) is 9.97 Å². The zero-order chi connectivity index (χ0) is 20.1. The van der Waals surface area contributed by atoms with Crippen LogP contribution in [-0.4, -0.2) is 66.2 Å². The molecule has 2 saturated heterocycles. The third-order valence-corrected chi connectivity index (χ3v) is 5.68. The first-order valence-corrected chi connectivity index (χ1v) is 10.4. The summed E-state index contributed by atoms with van der Waals surface area (Å²) in [5.41, 5.74) is 2.62. The van der Waals surface area contributed by atoms with Crippen LogP contribution in [-0.2, 0) is 11.3 Å². The second-order valence-electron chi connectivity index (χ2n) is 7.78. The summed E-state index contributed by atoms with van der Waals surface area (Å²) in [6.45, 7) is 7.78. The molecule has 4 rings (SSSR count). The summed E-state index contributed by atoms with van der Waals surface area (Å²) in [5.74, 6) is 0.606. The molecule has 2 aromatic rings. The van der Waals surface area contributed by atoms with E-state index >= 15 is 0 Å². The fourth-order valence-corrected chi connectivity index (χ4v) is 3.93. The molecule has 0 bridgehead atoms. The van der Waals surface area contributed by atoms with E-state index in [1.54, 1.807) is 6.20 Å². The highest BCUT2D eigenvalue weighted by molar-refractivity contribution is 5.95. The number of hydrogen-bond acceptors (Lipinski definition) is 6. The van der Waals surface area contributed by atoms with Crippen LogP contribution in [0.1, 0.15) is 34.5 Å². The van der Waals surface area contributed by atoms with Crippen LogP contribution in [0.5, 0.6) is 0 Å². The molecule has 29 heavy (non-hydrogen) atoms. The third kappa shape index (κ3) is 5.10. The molecule has 0 spiro atoms. The van der Waals surface area contributed by atoms with Crippen LogP contribution < -0.4 is 10.2 Å². The maximum Gasteiger partial charge on any atom is 0.254 e. The van der Waals surface area contributed by atoms with Gasteiger partial charge in [-0.1, -0.05) is 30.3 Å². The van der Waals surface area contributed by atoms with E-state index in [-0.39, 0.29) is 11.9 Å². The lowest BCUT2D eigenvalue weighted by Crippen LogP contribution is -2.44. The van der Waals surface area contributed by atoms with Gasteiger partial charge < -0.3 is 15.0 Å². The Balaban J connectivity index is 1.29. The van der Waals surface area contributed by atoms with Crippen molar-refractivity contribution in [1.29, 1.82) is 0 Å². The Bertz CT molecular complexity index is 815. The van der Waals surface area contributed by atoms with E-state index in [9.17, 15) is 4.79 Å². The average molecular weight is 396 g/mol. The van der Waals surface area contributed by atoms with Crippen molar-refractivity contribution >= 4 is 11.9 Å². The molecule has 0 radical (unpaired) electrons. The Morgan fingerprint density at radius 3 is 2.55 bits per heavy atom. The van der Waals surface area contributed by atoms with Crippen molar-refractivity contribution < 1.29 is 9.53 Å². The molecule has 154 valence electrons. The van der Waals surface area contributed by atoms with E-state index in [4.69, 9.17) is 4.74 Å². The number of rotatable bonds is 5. The Morgan fingerprint density at radius 2 is 1.86 bits per heavy atom. The highest BCUT2D eigenvalue weighted by Gasteiger charge is 2.23. The van der Waals surface area contributed by atoms with E-state index in [1.165, 1.54) is 5.56 Å². The van der Waals surface area contributed by atoms with Crippen LogP contribution in [0.25, 0.3) is 0 Å². The van der Waals surface area contributed by atoms with Crippen molar-refractivity contribution in [2.24, 2.45) is 0 Å². The molecule has 0 saturated carbocycles. The monoisotopic (exact) mass is 395 g/mol. The minimum absolute atomic E-state index is 0.0717. The van der Waals surface area contributed by atoms with Crippen molar-refractivity contribution in [2.45, 2.75) is 32.4 Å². The van der Waals surface area contributed by atoms with Gasteiger partial charge in [-0.15, -0.1) is 0 Å². The number of morpholine rings is 1. The van der Waals surface area contributed by atoms with Crippen LogP contribution in [0.2, 0.25) is 0 Å². The average Bonchev–Trinajstić information content (AvgIpc) is 2.76. The molecule has 1 aromatic heterocycles. The maximum atomic E-state index is 12.8. The number of piperidine rings is 1. The summed E-state index contributed by atoms with van der Waals surface area (Å²) >= 11 is 0. The number of aromatic nitrogens is 2. The molecule has 0 aliphatic carbocycles. The Morgan fingerprint density at radius 1 is 1.14 bits per heavy atom. The summed E-state index contributed by atoms with van der Waals surface area (Å²) in [6, 6.07) is 10.7. The second kappa shape index (κ2) is 9.33. The summed E-state index contributed by atoms with van der Waals surface area (Å²) in [6.07, 6.45) is 3.58. The first kappa shape index (κ1) is 19.8. The van der Waals surface area contributed by atoms with Gasteiger partial charge in [-0.05, 0) is 25.3 Å². The third-order valence-electron chi connectivity index (χ3n) is 5.68. The van der Waals surface area contributed by atoms with Crippen LogP contribution in [0.4, 0.5) is 5.95 Å². The quantitative estimate of drug-likeness (QED) is 0.835. The number of ether oxygens (including phenoxy) is 1. The van der Waals surface area contributed by atoms with Crippen molar-refractivity contribution in [3.63, 3.8) is 0 Å². The molecular weight excluding hydrogens is 366 g/mol. The Hall–Kier alpha value is -2.51. The molecule has 7 heteroatoms. The summed E-state index contributed by atoms with van der Waals surface area (Å²) < 4.78 is 5.37. The molecule has 2 fully saturated rings. The fraction of sp³-hybridized carbons (Fsp3) is 0.500. The molecule has 1 N–H and O–H groups in total. The smallest absolute Gasteiger partial charge is 0.254 e. The first-order valence-electron chi connectivity index (χ1n) is 10.4. The van der Waals surface area contributed by atoms with Gasteiger partial charge >= 0.3 is 0 Å². The van der Waals surface area contributed by atoms with Crippen molar-refractivity contribution in [1.82, 2.24) is 20.2 Å². The second-order valence-corrected chi connectivity index (χ2v) is 7.78. The van der Waals surface area contributed by atoms with Crippen molar-refractivity contribution in [3.8, 4) is 0 Å². The van der Waals surface area contributed by atoms with E-state index in [1.807, 2.05) is 13.0 Å². The topological polar surface area (TPSA) is 70.6 Å². The number of nitrogens with one attached hydrogen (secondary N) is 1. The van der Waals surface area contributed by atoms with Gasteiger partial charge in [0, 0.05) is 45.0 Å². The highest BCUT2D eigenvalue weighted by atomic mass is 16.5. The van der Waals surface area contributed by atoms with Crippen LogP contribution >= 0.6 is 0 Å². The summed E-state index contributed by atoms with van der Waals surface area (Å²) in [7, 11) is 0. The first-order chi connectivity index (χ1) is 14.2. The number of likely N-dealkylation sites (tertiary alicyclic amines) is 1. The number of carbonyl (C=O) groups is 1. The fourth-order valence-electron chi connectivity index (χ4n) is 3.93. The predicted octanol–water partition coefficient (Wildman–Crippen LogP) is 2.02. The van der Waals surface area contributed by atoms with Gasteiger partial charge in [0.15, 0.2) is 0 Å². The minimum Gasteiger partial charge on any atom is -0.378 e. The zero-order valence-corrected chi connectivity index (χ0v) is 17.0. The zero-order valence-electron chi connectivity index (χ0n) is 17.0. The largest absolute Gasteiger partial charge is 0.378 e. The van der Waals surface area contributed by atoms with Crippen LogP contribution in [0.15, 0.2) is 36.5 Å². The number of carbonyl (C=O) groups excluding carboxylic acids is 1. The molecule has 1 amide bonds. The summed E-state index contributed by atoms with van der Waals surface area (Å²) in [4.78, 5) is 26.3. The number of amides is 1. The maximum absolute atomic E-state index is 12.8. The lowest BCUT2D eigenvalue weighted by Gasteiger charge is -2.32. The normalized spacial score (nSPS) is 18.6. The standard InChI is InChI=1S/C22H29N5O2/c1-17-20(15-23-22(24-17)27-11-13-29-14-12-27)21(28)25-19-7-9-26(10-8-19)16-18-5-3-2-4-6-18/h2-6,15,19H,7-14,16H2,1H3,(H,25,28). The minimum atomic E-state index is -0.0717. The molecule has 3 heterocycles. The van der Waals surface area contributed by atoms with Crippen LogP contribution in [0.3, 0.4) is 0 Å². The molecule has 7 nitrogen and oxygen atoms in total. The predicted molar refractivity (Wildman–Crippen MR) is 112 cm³/mol. The van der Waals surface area contributed by atoms with Gasteiger partial charge in [0.25, 0.3) is 5.91 Å². The van der Waals surface area contributed by atoms with Crippen LogP contribution in [0, 0.1) is 6.92 Å². The number of nitrogens with zero attached hydrogens (tertiary/aromatic N) is 4. The summed E-state index contributed by atoms with van der Waals surface area (Å²) in [5, 5.41) is 3.18. The lowest BCUT2D eigenvalue weighted by atomic mass is 10.0. The van der Waals surface area contributed by atoms with Gasteiger partial charge in [0.2, 0.25) is 5.95 Å². The molecule has 2 aliphatic rings. The molecule has 0 atom stereocenters.